The van der Waals surface area contributed by atoms with Gasteiger partial charge in [0.25, 0.3) is 0 Å². The number of methoxy groups -OCH3 is 2. The van der Waals surface area contributed by atoms with Gasteiger partial charge >= 0.3 is 0 Å². The average Bonchev–Trinajstić information content (AvgIpc) is 3.03. The second-order valence-electron chi connectivity index (χ2n) is 8.61. The highest BCUT2D eigenvalue weighted by Crippen LogP contribution is 2.45. The molecule has 3 heterocycles. The summed E-state index contributed by atoms with van der Waals surface area (Å²) in [5, 5.41) is 0. The second-order valence-corrected chi connectivity index (χ2v) is 8.61. The van der Waals surface area contributed by atoms with Crippen LogP contribution in [0.25, 0.3) is 0 Å². The van der Waals surface area contributed by atoms with Crippen molar-refractivity contribution in [1.82, 2.24) is 9.80 Å². The van der Waals surface area contributed by atoms with Crippen molar-refractivity contribution < 1.29 is 14.3 Å². The largest absolute Gasteiger partial charge is 0.493 e. The number of piperidine rings is 1. The topological polar surface area (TPSA) is 42.0 Å². The Hall–Kier alpha value is -1.75. The van der Waals surface area contributed by atoms with Gasteiger partial charge in [-0.1, -0.05) is 18.9 Å². The van der Waals surface area contributed by atoms with E-state index in [0.29, 0.717) is 23.6 Å². The van der Waals surface area contributed by atoms with Gasteiger partial charge in [0.2, 0.25) is 5.91 Å². The Kier molecular flexibility index (Phi) is 5.06. The van der Waals surface area contributed by atoms with Crippen molar-refractivity contribution in [1.29, 1.82) is 0 Å². The summed E-state index contributed by atoms with van der Waals surface area (Å²) in [6.07, 6.45) is 6.56. The predicted octanol–water partition coefficient (Wildman–Crippen LogP) is 3.07. The Balaban J connectivity index is 1.67. The molecule has 1 aromatic rings. The number of carbonyl (C=O) groups is 1. The fraction of sp³-hybridized carbons (Fsp3) is 0.682. The van der Waals surface area contributed by atoms with Crippen molar-refractivity contribution in [3.8, 4) is 11.5 Å². The second kappa shape index (κ2) is 7.34. The zero-order valence-electron chi connectivity index (χ0n) is 16.9. The number of hydrogen-bond donors (Lipinski definition) is 0. The summed E-state index contributed by atoms with van der Waals surface area (Å²) in [5.41, 5.74) is 0.689. The molecule has 1 aromatic carbocycles. The van der Waals surface area contributed by atoms with Gasteiger partial charge < -0.3 is 19.3 Å². The Morgan fingerprint density at radius 2 is 1.78 bits per heavy atom. The number of hydrogen-bond acceptors (Lipinski definition) is 4. The molecule has 0 spiro atoms. The molecular formula is C22H32N2O3. The van der Waals surface area contributed by atoms with Crippen LogP contribution in [0.15, 0.2) is 18.2 Å². The number of rotatable bonds is 4. The molecule has 0 N–H and O–H groups in total. The molecule has 1 amide bonds. The third-order valence-electron chi connectivity index (χ3n) is 7.08. The van der Waals surface area contributed by atoms with Crippen LogP contribution in [0.4, 0.5) is 0 Å². The van der Waals surface area contributed by atoms with E-state index in [2.05, 4.69) is 22.9 Å². The highest BCUT2D eigenvalue weighted by atomic mass is 16.5. The number of nitrogens with zero attached hydrogens (tertiary/aromatic N) is 2. The summed E-state index contributed by atoms with van der Waals surface area (Å²) >= 11 is 0. The predicted molar refractivity (Wildman–Crippen MR) is 105 cm³/mol. The van der Waals surface area contributed by atoms with Gasteiger partial charge in [-0.2, -0.15) is 0 Å². The molecular weight excluding hydrogens is 340 g/mol. The van der Waals surface area contributed by atoms with Gasteiger partial charge in [-0.15, -0.1) is 0 Å². The summed E-state index contributed by atoms with van der Waals surface area (Å²) in [6.45, 7) is 2.91. The van der Waals surface area contributed by atoms with Crippen LogP contribution in [0.5, 0.6) is 11.5 Å². The fourth-order valence-corrected chi connectivity index (χ4v) is 5.52. The summed E-state index contributed by atoms with van der Waals surface area (Å²) in [7, 11) is 5.52. The maximum atomic E-state index is 13.9. The SMILES string of the molecule is COc1ccc(C2(C(=O)N3C[C@H]4CC[C@@H](C3)N(C)C4)CCCC2)cc1OC. The standard InChI is InChI=1S/C22H32N2O3/c1-23-13-16-6-8-18(23)15-24(14-16)21(25)22(10-4-5-11-22)17-7-9-19(26-2)20(12-17)27-3/h7,9,12,16,18H,4-6,8,10-11,13-15H2,1-3H3/t16-,18-/m0/s1. The Morgan fingerprint density at radius 1 is 1.04 bits per heavy atom. The van der Waals surface area contributed by atoms with Crippen molar-refractivity contribution in [2.24, 2.45) is 5.92 Å². The third kappa shape index (κ3) is 3.20. The van der Waals surface area contributed by atoms with Gasteiger partial charge in [-0.3, -0.25) is 4.79 Å². The monoisotopic (exact) mass is 372 g/mol. The first kappa shape index (κ1) is 18.6. The zero-order chi connectivity index (χ0) is 19.0. The van der Waals surface area contributed by atoms with Gasteiger partial charge in [0.15, 0.2) is 11.5 Å². The van der Waals surface area contributed by atoms with Crippen LogP contribution in [0, 0.1) is 5.92 Å². The molecule has 1 aliphatic carbocycles. The molecule has 148 valence electrons. The molecule has 2 atom stereocenters. The molecule has 4 aliphatic rings. The highest BCUT2D eigenvalue weighted by molar-refractivity contribution is 5.89. The summed E-state index contributed by atoms with van der Waals surface area (Å²) in [4.78, 5) is 18.5. The van der Waals surface area contributed by atoms with E-state index in [0.717, 1.165) is 56.6 Å². The van der Waals surface area contributed by atoms with Crippen molar-refractivity contribution in [3.63, 3.8) is 0 Å². The minimum absolute atomic E-state index is 0.333. The van der Waals surface area contributed by atoms with Crippen LogP contribution >= 0.6 is 0 Å². The lowest BCUT2D eigenvalue weighted by molar-refractivity contribution is -0.137. The van der Waals surface area contributed by atoms with E-state index in [1.165, 1.54) is 12.8 Å². The number of carbonyl (C=O) groups excluding carboxylic acids is 1. The van der Waals surface area contributed by atoms with E-state index in [1.54, 1.807) is 14.2 Å². The van der Waals surface area contributed by atoms with Gasteiger partial charge in [0.1, 0.15) is 0 Å². The fourth-order valence-electron chi connectivity index (χ4n) is 5.52. The van der Waals surface area contributed by atoms with E-state index in [1.807, 2.05) is 12.1 Å². The van der Waals surface area contributed by atoms with Crippen LogP contribution in [0.1, 0.15) is 44.1 Å². The van der Waals surface area contributed by atoms with Crippen molar-refractivity contribution in [2.45, 2.75) is 50.0 Å². The van der Waals surface area contributed by atoms with Gasteiger partial charge in [-0.05, 0) is 56.3 Å². The number of ether oxygens (including phenoxy) is 2. The molecule has 3 saturated heterocycles. The minimum Gasteiger partial charge on any atom is -0.493 e. The Bertz CT molecular complexity index is 699. The lowest BCUT2D eigenvalue weighted by Crippen LogP contribution is -2.48. The number of likely N-dealkylation sites (N-methyl/N-ethyl adjacent to an activating group) is 1. The first-order valence-electron chi connectivity index (χ1n) is 10.3. The number of benzene rings is 1. The molecule has 5 heteroatoms. The highest BCUT2D eigenvalue weighted by Gasteiger charge is 2.47. The molecule has 0 aromatic heterocycles. The molecule has 3 aliphatic heterocycles. The van der Waals surface area contributed by atoms with E-state index >= 15 is 0 Å². The third-order valence-corrected chi connectivity index (χ3v) is 7.08. The van der Waals surface area contributed by atoms with Crippen LogP contribution in [0.2, 0.25) is 0 Å². The smallest absolute Gasteiger partial charge is 0.233 e. The van der Waals surface area contributed by atoms with Gasteiger partial charge in [0, 0.05) is 25.7 Å². The average molecular weight is 373 g/mol. The maximum absolute atomic E-state index is 13.9. The normalized spacial score (nSPS) is 27.4. The zero-order valence-corrected chi connectivity index (χ0v) is 16.9. The molecule has 27 heavy (non-hydrogen) atoms. The van der Waals surface area contributed by atoms with Crippen molar-refractivity contribution in [2.75, 3.05) is 40.9 Å². The van der Waals surface area contributed by atoms with Crippen molar-refractivity contribution >= 4 is 5.91 Å². The molecule has 2 bridgehead atoms. The van der Waals surface area contributed by atoms with Crippen LogP contribution in [-0.4, -0.2) is 62.7 Å². The molecule has 5 rings (SSSR count). The number of fused-ring (bicyclic) bond motifs is 4. The summed E-state index contributed by atoms with van der Waals surface area (Å²) < 4.78 is 10.9. The van der Waals surface area contributed by atoms with Crippen molar-refractivity contribution in [3.05, 3.63) is 23.8 Å². The molecule has 1 saturated carbocycles. The lowest BCUT2D eigenvalue weighted by Gasteiger charge is -2.36. The molecule has 4 fully saturated rings. The Labute approximate surface area is 162 Å². The first-order valence-corrected chi connectivity index (χ1v) is 10.3. The summed E-state index contributed by atoms with van der Waals surface area (Å²) in [5.74, 6) is 2.38. The first-order chi connectivity index (χ1) is 13.1. The molecule has 5 nitrogen and oxygen atoms in total. The quantitative estimate of drug-likeness (QED) is 0.815. The van der Waals surface area contributed by atoms with E-state index < -0.39 is 5.41 Å². The van der Waals surface area contributed by atoms with Gasteiger partial charge in [0.05, 0.1) is 19.6 Å². The lowest BCUT2D eigenvalue weighted by atomic mass is 9.77. The van der Waals surface area contributed by atoms with Crippen LogP contribution < -0.4 is 9.47 Å². The van der Waals surface area contributed by atoms with E-state index in [4.69, 9.17) is 9.47 Å². The van der Waals surface area contributed by atoms with Crippen LogP contribution in [-0.2, 0) is 10.2 Å². The van der Waals surface area contributed by atoms with Crippen LogP contribution in [0.3, 0.4) is 0 Å². The minimum atomic E-state index is -0.401. The maximum Gasteiger partial charge on any atom is 0.233 e. The molecule has 0 unspecified atom stereocenters. The van der Waals surface area contributed by atoms with E-state index in [-0.39, 0.29) is 0 Å². The van der Waals surface area contributed by atoms with E-state index in [9.17, 15) is 4.79 Å². The Morgan fingerprint density at radius 3 is 2.44 bits per heavy atom. The summed E-state index contributed by atoms with van der Waals surface area (Å²) in [6, 6.07) is 6.56. The van der Waals surface area contributed by atoms with Gasteiger partial charge in [-0.25, -0.2) is 0 Å². The molecule has 0 radical (unpaired) electrons. The number of amides is 1.